The fourth-order valence-electron chi connectivity index (χ4n) is 6.15. The number of methoxy groups -OCH3 is 1. The number of carboxylic acids is 1. The zero-order valence-electron chi connectivity index (χ0n) is 20.8. The van der Waals surface area contributed by atoms with Gasteiger partial charge in [-0.1, -0.05) is 43.7 Å². The zero-order valence-corrected chi connectivity index (χ0v) is 21.6. The van der Waals surface area contributed by atoms with E-state index in [4.69, 9.17) is 16.3 Å². The number of pyridine rings is 1. The molecule has 2 aromatic rings. The van der Waals surface area contributed by atoms with Crippen LogP contribution in [0.25, 0.3) is 10.9 Å². The lowest BCUT2D eigenvalue weighted by atomic mass is 9.71. The number of likely N-dealkylation sites (tertiary alicyclic amines) is 1. The summed E-state index contributed by atoms with van der Waals surface area (Å²) in [5, 5.41) is 22.1. The summed E-state index contributed by atoms with van der Waals surface area (Å²) < 4.78 is 5.36. The maximum Gasteiger partial charge on any atom is 0.303 e. The fraction of sp³-hybridized carbons (Fsp3) is 0.643. The summed E-state index contributed by atoms with van der Waals surface area (Å²) in [4.78, 5) is 18.7. The summed E-state index contributed by atoms with van der Waals surface area (Å²) in [6.07, 6.45) is 11.9. The lowest BCUT2D eigenvalue weighted by Crippen LogP contribution is -2.42. The zero-order chi connectivity index (χ0) is 24.8. The number of fused-ring (bicyclic) bond motifs is 1. The van der Waals surface area contributed by atoms with Gasteiger partial charge in [-0.3, -0.25) is 9.78 Å². The van der Waals surface area contributed by atoms with Crippen LogP contribution < -0.4 is 4.74 Å². The van der Waals surface area contributed by atoms with E-state index >= 15 is 0 Å². The molecule has 2 aliphatic rings. The van der Waals surface area contributed by atoms with Crippen molar-refractivity contribution in [2.75, 3.05) is 26.7 Å². The molecule has 1 saturated carbocycles. The van der Waals surface area contributed by atoms with E-state index in [1.807, 2.05) is 18.2 Å². The van der Waals surface area contributed by atoms with Gasteiger partial charge >= 0.3 is 5.97 Å². The predicted octanol–water partition coefficient (Wildman–Crippen LogP) is 6.24. The Bertz CT molecular complexity index is 1000. The van der Waals surface area contributed by atoms with Crippen molar-refractivity contribution in [3.63, 3.8) is 0 Å². The number of ether oxygens (including phenoxy) is 1. The smallest absolute Gasteiger partial charge is 0.303 e. The van der Waals surface area contributed by atoms with Crippen molar-refractivity contribution in [2.45, 2.75) is 76.7 Å². The van der Waals surface area contributed by atoms with E-state index in [1.165, 1.54) is 38.5 Å². The summed E-state index contributed by atoms with van der Waals surface area (Å²) in [6.45, 7) is 3.00. The average molecular weight is 503 g/mol. The number of piperidine rings is 1. The molecule has 7 heteroatoms. The van der Waals surface area contributed by atoms with Crippen molar-refractivity contribution < 1.29 is 19.7 Å². The molecule has 35 heavy (non-hydrogen) atoms. The molecule has 0 spiro atoms. The Hall–Kier alpha value is -1.89. The Balaban J connectivity index is 1.40. The number of aliphatic hydroxyl groups is 1. The molecule has 1 aromatic carbocycles. The molecule has 4 rings (SSSR count). The summed E-state index contributed by atoms with van der Waals surface area (Å²) in [5.74, 6) is 0.786. The number of halogens is 1. The minimum atomic E-state index is -0.796. The number of benzene rings is 1. The standard InChI is InChI=1S/C28H39ClN2O4/c1-35-21-7-8-24-22(17-21)27(23(29)19-30-24)25(32)9-11-28(18-26(33)34)12-15-31(16-13-28)14-10-20-5-3-2-4-6-20/h7-8,17,19-20,25,32H,2-6,9-16,18H2,1H3,(H,33,34). The van der Waals surface area contributed by atoms with Crippen LogP contribution in [0.15, 0.2) is 24.4 Å². The molecule has 0 amide bonds. The second-order valence-electron chi connectivity index (χ2n) is 10.7. The lowest BCUT2D eigenvalue weighted by molar-refractivity contribution is -0.141. The van der Waals surface area contributed by atoms with Crippen LogP contribution in [-0.4, -0.2) is 52.8 Å². The molecule has 6 nitrogen and oxygen atoms in total. The van der Waals surface area contributed by atoms with E-state index in [0.29, 0.717) is 29.2 Å². The van der Waals surface area contributed by atoms with E-state index in [2.05, 4.69) is 9.88 Å². The van der Waals surface area contributed by atoms with Gasteiger partial charge < -0.3 is 19.8 Å². The molecule has 1 aliphatic carbocycles. The number of aromatic nitrogens is 1. The Morgan fingerprint density at radius 1 is 1.26 bits per heavy atom. The second-order valence-corrected chi connectivity index (χ2v) is 11.1. The molecule has 1 saturated heterocycles. The number of hydrogen-bond acceptors (Lipinski definition) is 5. The topological polar surface area (TPSA) is 82.9 Å². The van der Waals surface area contributed by atoms with Gasteiger partial charge in [0.1, 0.15) is 5.75 Å². The number of aliphatic hydroxyl groups excluding tert-OH is 1. The molecule has 1 aromatic heterocycles. The van der Waals surface area contributed by atoms with E-state index < -0.39 is 12.1 Å². The lowest BCUT2D eigenvalue weighted by Gasteiger charge is -2.42. The van der Waals surface area contributed by atoms with Gasteiger partial charge in [-0.2, -0.15) is 0 Å². The van der Waals surface area contributed by atoms with Gasteiger partial charge in [0.25, 0.3) is 0 Å². The van der Waals surface area contributed by atoms with Crippen LogP contribution in [0.1, 0.15) is 82.3 Å². The second kappa shape index (κ2) is 11.9. The summed E-state index contributed by atoms with van der Waals surface area (Å²) >= 11 is 6.49. The Kier molecular flexibility index (Phi) is 8.90. The van der Waals surface area contributed by atoms with Gasteiger partial charge in [0.15, 0.2) is 0 Å². The third-order valence-corrected chi connectivity index (χ3v) is 8.67. The highest BCUT2D eigenvalue weighted by Gasteiger charge is 2.37. The van der Waals surface area contributed by atoms with Crippen molar-refractivity contribution >= 4 is 28.5 Å². The predicted molar refractivity (Wildman–Crippen MR) is 139 cm³/mol. The van der Waals surface area contributed by atoms with Crippen LogP contribution in [0.5, 0.6) is 5.75 Å². The van der Waals surface area contributed by atoms with Crippen LogP contribution in [-0.2, 0) is 4.79 Å². The van der Waals surface area contributed by atoms with E-state index in [1.54, 1.807) is 13.3 Å². The normalized spacial score (nSPS) is 20.1. The maximum atomic E-state index is 11.8. The van der Waals surface area contributed by atoms with Crippen molar-refractivity contribution in [3.05, 3.63) is 35.0 Å². The van der Waals surface area contributed by atoms with E-state index in [0.717, 1.165) is 49.3 Å². The average Bonchev–Trinajstić information content (AvgIpc) is 2.87. The molecule has 192 valence electrons. The van der Waals surface area contributed by atoms with Gasteiger partial charge in [0.05, 0.1) is 30.2 Å². The quantitative estimate of drug-likeness (QED) is 0.400. The molecule has 2 heterocycles. The van der Waals surface area contributed by atoms with Crippen LogP contribution in [0.4, 0.5) is 0 Å². The van der Waals surface area contributed by atoms with Gasteiger partial charge in [0, 0.05) is 17.1 Å². The van der Waals surface area contributed by atoms with Crippen molar-refractivity contribution in [2.24, 2.45) is 11.3 Å². The molecule has 0 radical (unpaired) electrons. The van der Waals surface area contributed by atoms with E-state index in [-0.39, 0.29) is 11.8 Å². The molecular formula is C28H39ClN2O4. The van der Waals surface area contributed by atoms with Gasteiger partial charge in [-0.05, 0) is 81.3 Å². The first kappa shape index (κ1) is 26.2. The fourth-order valence-corrected chi connectivity index (χ4v) is 6.43. The molecular weight excluding hydrogens is 464 g/mol. The summed E-state index contributed by atoms with van der Waals surface area (Å²) in [6, 6.07) is 5.55. The first-order chi connectivity index (χ1) is 16.9. The minimum absolute atomic E-state index is 0.148. The molecule has 1 aliphatic heterocycles. The molecule has 0 bridgehead atoms. The number of carboxylic acid groups (broad SMARTS) is 1. The highest BCUT2D eigenvalue weighted by molar-refractivity contribution is 6.32. The maximum absolute atomic E-state index is 11.8. The molecule has 2 N–H and O–H groups in total. The number of rotatable bonds is 10. The SMILES string of the molecule is COc1ccc2ncc(Cl)c(C(O)CCC3(CC(=O)O)CCN(CCC4CCCCC4)CC3)c2c1. The van der Waals surface area contributed by atoms with Crippen molar-refractivity contribution in [3.8, 4) is 5.75 Å². The third kappa shape index (κ3) is 6.66. The van der Waals surface area contributed by atoms with Crippen LogP contribution in [0, 0.1) is 11.3 Å². The highest BCUT2D eigenvalue weighted by atomic mass is 35.5. The Morgan fingerprint density at radius 3 is 2.69 bits per heavy atom. The summed E-state index contributed by atoms with van der Waals surface area (Å²) in [5.41, 5.74) is 1.10. The van der Waals surface area contributed by atoms with Gasteiger partial charge in [0.2, 0.25) is 0 Å². The van der Waals surface area contributed by atoms with Crippen LogP contribution >= 0.6 is 11.6 Å². The van der Waals surface area contributed by atoms with Crippen molar-refractivity contribution in [1.29, 1.82) is 0 Å². The number of carbonyl (C=O) groups is 1. The third-order valence-electron chi connectivity index (χ3n) is 8.37. The molecule has 1 atom stereocenters. The van der Waals surface area contributed by atoms with Gasteiger partial charge in [-0.15, -0.1) is 0 Å². The number of hydrogen-bond donors (Lipinski definition) is 2. The highest BCUT2D eigenvalue weighted by Crippen LogP contribution is 2.43. The first-order valence-corrected chi connectivity index (χ1v) is 13.5. The minimum Gasteiger partial charge on any atom is -0.497 e. The van der Waals surface area contributed by atoms with E-state index in [9.17, 15) is 15.0 Å². The largest absolute Gasteiger partial charge is 0.497 e. The number of nitrogens with zero attached hydrogens (tertiary/aromatic N) is 2. The van der Waals surface area contributed by atoms with Crippen LogP contribution in [0.2, 0.25) is 5.02 Å². The molecule has 1 unspecified atom stereocenters. The molecule has 2 fully saturated rings. The summed E-state index contributed by atoms with van der Waals surface area (Å²) in [7, 11) is 1.60. The van der Waals surface area contributed by atoms with Crippen LogP contribution in [0.3, 0.4) is 0 Å². The van der Waals surface area contributed by atoms with Crippen molar-refractivity contribution in [1.82, 2.24) is 9.88 Å². The number of aliphatic carboxylic acids is 1. The monoisotopic (exact) mass is 502 g/mol. The van der Waals surface area contributed by atoms with Gasteiger partial charge in [-0.25, -0.2) is 0 Å². The first-order valence-electron chi connectivity index (χ1n) is 13.1. The Morgan fingerprint density at radius 2 is 2.00 bits per heavy atom. The Labute approximate surface area is 213 Å².